The van der Waals surface area contributed by atoms with Crippen molar-refractivity contribution >= 4 is 11.3 Å². The predicted octanol–water partition coefficient (Wildman–Crippen LogP) is 1.77. The van der Waals surface area contributed by atoms with Crippen LogP contribution in [0, 0.1) is 24.7 Å². The van der Waals surface area contributed by atoms with Crippen LogP contribution in [0.1, 0.15) is 16.7 Å². The molecular weight excluding hydrogens is 300 g/mol. The summed E-state index contributed by atoms with van der Waals surface area (Å²) in [5.41, 5.74) is 0. The van der Waals surface area contributed by atoms with E-state index < -0.39 is 0 Å². The van der Waals surface area contributed by atoms with Gasteiger partial charge in [-0.15, -0.1) is 11.3 Å². The fourth-order valence-corrected chi connectivity index (χ4v) is 4.36. The van der Waals surface area contributed by atoms with E-state index in [4.69, 9.17) is 9.26 Å². The monoisotopic (exact) mass is 320 g/mol. The van der Waals surface area contributed by atoms with Crippen molar-refractivity contribution in [2.24, 2.45) is 17.8 Å². The van der Waals surface area contributed by atoms with Crippen LogP contribution in [0.4, 0.5) is 0 Å². The highest BCUT2D eigenvalue weighted by atomic mass is 32.1. The van der Waals surface area contributed by atoms with Crippen LogP contribution in [0.25, 0.3) is 0 Å². The molecule has 0 aromatic carbocycles. The predicted molar refractivity (Wildman–Crippen MR) is 81.4 cm³/mol. The molecule has 0 unspecified atom stereocenters. The average Bonchev–Trinajstić information content (AvgIpc) is 3.21. The van der Waals surface area contributed by atoms with Crippen molar-refractivity contribution in [3.63, 3.8) is 0 Å². The maximum absolute atomic E-state index is 5.83. The van der Waals surface area contributed by atoms with E-state index >= 15 is 0 Å². The summed E-state index contributed by atoms with van der Waals surface area (Å²) in [5.74, 6) is 3.19. The molecule has 2 saturated heterocycles. The van der Waals surface area contributed by atoms with Gasteiger partial charge >= 0.3 is 0 Å². The number of thiazole rings is 1. The van der Waals surface area contributed by atoms with Gasteiger partial charge in [-0.25, -0.2) is 4.98 Å². The van der Waals surface area contributed by atoms with Crippen LogP contribution in [0.3, 0.4) is 0 Å². The zero-order valence-electron chi connectivity index (χ0n) is 12.6. The third-order valence-corrected chi connectivity index (χ3v) is 5.45. The van der Waals surface area contributed by atoms with Gasteiger partial charge < -0.3 is 9.26 Å². The quantitative estimate of drug-likeness (QED) is 0.855. The summed E-state index contributed by atoms with van der Waals surface area (Å²) in [6.45, 7) is 6.71. The first-order valence-electron chi connectivity index (χ1n) is 7.75. The Kier molecular flexibility index (Phi) is 3.94. The Morgan fingerprint density at radius 1 is 1.36 bits per heavy atom. The summed E-state index contributed by atoms with van der Waals surface area (Å²) in [6.07, 6.45) is 2.71. The number of fused-ring (bicyclic) bond motifs is 1. The Morgan fingerprint density at radius 2 is 2.32 bits per heavy atom. The number of likely N-dealkylation sites (tertiary alicyclic amines) is 1. The molecule has 0 bridgehead atoms. The maximum atomic E-state index is 5.83. The molecule has 0 saturated carbocycles. The Morgan fingerprint density at radius 3 is 3.09 bits per heavy atom. The normalized spacial score (nSPS) is 28.9. The van der Waals surface area contributed by atoms with Crippen LogP contribution in [0.15, 0.2) is 16.1 Å². The highest BCUT2D eigenvalue weighted by Crippen LogP contribution is 2.36. The smallest absolute Gasteiger partial charge is 0.227 e. The van der Waals surface area contributed by atoms with Crippen LogP contribution in [0.2, 0.25) is 0 Å². The second-order valence-corrected chi connectivity index (χ2v) is 7.26. The fraction of sp³-hybridized carbons (Fsp3) is 0.667. The molecule has 2 aromatic heterocycles. The molecule has 2 aliphatic rings. The molecule has 0 N–H and O–H groups in total. The molecule has 4 rings (SSSR count). The van der Waals surface area contributed by atoms with Crippen LogP contribution in [-0.2, 0) is 17.7 Å². The molecule has 6 nitrogen and oxygen atoms in total. The Labute approximate surface area is 133 Å². The summed E-state index contributed by atoms with van der Waals surface area (Å²) < 4.78 is 11.1. The molecular formula is C15H20N4O2S. The van der Waals surface area contributed by atoms with Gasteiger partial charge in [-0.3, -0.25) is 4.90 Å². The lowest BCUT2D eigenvalue weighted by Crippen LogP contribution is -2.36. The van der Waals surface area contributed by atoms with E-state index in [9.17, 15) is 0 Å². The number of nitrogens with zero attached hydrogens (tertiary/aromatic N) is 4. The number of hydrogen-bond donors (Lipinski definition) is 0. The maximum Gasteiger partial charge on any atom is 0.227 e. The second-order valence-electron chi connectivity index (χ2n) is 6.28. The van der Waals surface area contributed by atoms with Crippen LogP contribution >= 0.6 is 11.3 Å². The van der Waals surface area contributed by atoms with Gasteiger partial charge in [0, 0.05) is 31.1 Å². The molecule has 2 aromatic rings. The zero-order chi connectivity index (χ0) is 14.9. The highest BCUT2D eigenvalue weighted by molar-refractivity contribution is 7.09. The van der Waals surface area contributed by atoms with Gasteiger partial charge in [-0.1, -0.05) is 5.16 Å². The first kappa shape index (κ1) is 14.3. The first-order valence-corrected chi connectivity index (χ1v) is 8.63. The lowest BCUT2D eigenvalue weighted by molar-refractivity contribution is -0.0110. The molecule has 4 heterocycles. The molecule has 0 spiro atoms. The summed E-state index contributed by atoms with van der Waals surface area (Å²) in [5, 5.41) is 7.13. The van der Waals surface area contributed by atoms with E-state index in [1.54, 1.807) is 11.3 Å². The topological polar surface area (TPSA) is 64.3 Å². The number of hydrogen-bond acceptors (Lipinski definition) is 7. The lowest BCUT2D eigenvalue weighted by atomic mass is 9.81. The average molecular weight is 320 g/mol. The van der Waals surface area contributed by atoms with Crippen molar-refractivity contribution in [2.75, 3.05) is 26.3 Å². The van der Waals surface area contributed by atoms with E-state index in [1.807, 2.05) is 18.5 Å². The van der Waals surface area contributed by atoms with E-state index in [1.165, 1.54) is 5.01 Å². The standard InChI is InChI=1S/C15H20N4O2S/c1-10-17-14(21-18-10)4-11-8-20-9-12-5-19(6-13(11)12)7-15-16-2-3-22-15/h2-3,11-13H,4-9H2,1H3/t11-,12-,13+/m1/s1. The highest BCUT2D eigenvalue weighted by Gasteiger charge is 2.41. The Hall–Kier alpha value is -1.31. The number of rotatable bonds is 4. The fourth-order valence-electron chi connectivity index (χ4n) is 3.70. The first-order chi connectivity index (χ1) is 10.8. The van der Waals surface area contributed by atoms with E-state index in [0.717, 1.165) is 45.2 Å². The summed E-state index contributed by atoms with van der Waals surface area (Å²) >= 11 is 1.73. The molecule has 2 fully saturated rings. The summed E-state index contributed by atoms with van der Waals surface area (Å²) in [4.78, 5) is 11.3. The zero-order valence-corrected chi connectivity index (χ0v) is 13.5. The van der Waals surface area contributed by atoms with E-state index in [2.05, 4.69) is 20.0 Å². The number of aryl methyl sites for hydroxylation is 1. The minimum absolute atomic E-state index is 0.472. The van der Waals surface area contributed by atoms with Crippen molar-refractivity contribution in [1.82, 2.24) is 20.0 Å². The van der Waals surface area contributed by atoms with Crippen LogP contribution in [-0.4, -0.2) is 46.3 Å². The van der Waals surface area contributed by atoms with Crippen molar-refractivity contribution in [2.45, 2.75) is 19.9 Å². The largest absolute Gasteiger partial charge is 0.381 e. The van der Waals surface area contributed by atoms with Gasteiger partial charge in [0.05, 0.1) is 19.8 Å². The molecule has 7 heteroatoms. The van der Waals surface area contributed by atoms with Gasteiger partial charge in [0.2, 0.25) is 5.89 Å². The SMILES string of the molecule is Cc1noc(C[C@@H]2COC[C@H]3CN(Cc4nccs4)C[C@@H]23)n1. The molecule has 0 amide bonds. The van der Waals surface area contributed by atoms with Gasteiger partial charge in [-0.2, -0.15) is 4.98 Å². The summed E-state index contributed by atoms with van der Waals surface area (Å²) in [7, 11) is 0. The third-order valence-electron chi connectivity index (χ3n) is 4.69. The van der Waals surface area contributed by atoms with Crippen molar-refractivity contribution in [1.29, 1.82) is 0 Å². The number of aromatic nitrogens is 3. The Bertz CT molecular complexity index is 615. The van der Waals surface area contributed by atoms with E-state index in [-0.39, 0.29) is 0 Å². The minimum Gasteiger partial charge on any atom is -0.381 e. The van der Waals surface area contributed by atoms with E-state index in [0.29, 0.717) is 23.6 Å². The van der Waals surface area contributed by atoms with Crippen molar-refractivity contribution in [3.8, 4) is 0 Å². The van der Waals surface area contributed by atoms with Gasteiger partial charge in [-0.05, 0) is 24.7 Å². The molecule has 118 valence electrons. The molecule has 0 radical (unpaired) electrons. The molecule has 22 heavy (non-hydrogen) atoms. The molecule has 2 aliphatic heterocycles. The lowest BCUT2D eigenvalue weighted by Gasteiger charge is -2.32. The minimum atomic E-state index is 0.472. The second kappa shape index (κ2) is 6.06. The number of ether oxygens (including phenoxy) is 1. The van der Waals surface area contributed by atoms with Crippen molar-refractivity contribution in [3.05, 3.63) is 28.3 Å². The van der Waals surface area contributed by atoms with Gasteiger partial charge in [0.1, 0.15) is 5.01 Å². The molecule has 0 aliphatic carbocycles. The third kappa shape index (κ3) is 2.93. The van der Waals surface area contributed by atoms with Crippen LogP contribution in [0.5, 0.6) is 0 Å². The van der Waals surface area contributed by atoms with Crippen molar-refractivity contribution < 1.29 is 9.26 Å². The van der Waals surface area contributed by atoms with Gasteiger partial charge in [0.15, 0.2) is 5.82 Å². The molecule has 3 atom stereocenters. The van der Waals surface area contributed by atoms with Crippen LogP contribution < -0.4 is 0 Å². The van der Waals surface area contributed by atoms with Gasteiger partial charge in [0.25, 0.3) is 0 Å². The Balaban J connectivity index is 1.42. The summed E-state index contributed by atoms with van der Waals surface area (Å²) in [6, 6.07) is 0.